The van der Waals surface area contributed by atoms with Crippen LogP contribution in [0.25, 0.3) is 12.2 Å². The number of oxazole rings is 1. The normalized spacial score (nSPS) is 11.3. The Kier molecular flexibility index (Phi) is 7.41. The van der Waals surface area contributed by atoms with Gasteiger partial charge in [-0.15, -0.1) is 5.10 Å². The first-order chi connectivity index (χ1) is 15.2. The van der Waals surface area contributed by atoms with Crippen LogP contribution in [0.1, 0.15) is 22.7 Å². The minimum absolute atomic E-state index is 0.351. The third kappa shape index (κ3) is 6.73. The van der Waals surface area contributed by atoms with Gasteiger partial charge in [-0.05, 0) is 41.5 Å². The highest BCUT2D eigenvalue weighted by Crippen LogP contribution is 2.18. The van der Waals surface area contributed by atoms with Gasteiger partial charge in [0.25, 0.3) is 0 Å². The molecule has 0 unspecified atom stereocenters. The van der Waals surface area contributed by atoms with Crippen molar-refractivity contribution in [3.63, 3.8) is 0 Å². The lowest BCUT2D eigenvalue weighted by Crippen LogP contribution is -2.01. The van der Waals surface area contributed by atoms with Crippen molar-refractivity contribution in [2.24, 2.45) is 0 Å². The van der Waals surface area contributed by atoms with E-state index in [4.69, 9.17) is 20.8 Å². The molecule has 0 spiro atoms. The molecule has 6 nitrogen and oxygen atoms in total. The third-order valence-electron chi connectivity index (χ3n) is 4.37. The SMILES string of the molecule is Clc1ccc(/C=C/c2nc(COc3ccc(CSCCn4ccnn4)cc3)co2)cc1. The lowest BCUT2D eigenvalue weighted by atomic mass is 10.2. The Morgan fingerprint density at radius 1 is 1.06 bits per heavy atom. The van der Waals surface area contributed by atoms with E-state index in [0.29, 0.717) is 17.5 Å². The van der Waals surface area contributed by atoms with E-state index in [1.165, 1.54) is 5.56 Å². The van der Waals surface area contributed by atoms with E-state index >= 15 is 0 Å². The highest BCUT2D eigenvalue weighted by Gasteiger charge is 2.03. The Hall–Kier alpha value is -3.03. The molecule has 0 bridgehead atoms. The van der Waals surface area contributed by atoms with Crippen LogP contribution >= 0.6 is 23.4 Å². The van der Waals surface area contributed by atoms with Gasteiger partial charge in [-0.25, -0.2) is 4.98 Å². The van der Waals surface area contributed by atoms with E-state index in [-0.39, 0.29) is 0 Å². The summed E-state index contributed by atoms with van der Waals surface area (Å²) in [5.74, 6) is 3.27. The molecule has 0 aliphatic carbocycles. The first-order valence-electron chi connectivity index (χ1n) is 9.76. The van der Waals surface area contributed by atoms with Crippen LogP contribution in [0.5, 0.6) is 5.75 Å². The predicted molar refractivity (Wildman–Crippen MR) is 124 cm³/mol. The molecule has 0 radical (unpaired) electrons. The molecule has 0 amide bonds. The van der Waals surface area contributed by atoms with Crippen LogP contribution in [0.4, 0.5) is 0 Å². The van der Waals surface area contributed by atoms with Crippen LogP contribution < -0.4 is 4.74 Å². The number of halogens is 1. The maximum absolute atomic E-state index is 5.90. The summed E-state index contributed by atoms with van der Waals surface area (Å²) in [5, 5.41) is 8.48. The number of nitrogens with zero attached hydrogens (tertiary/aromatic N) is 4. The van der Waals surface area contributed by atoms with Gasteiger partial charge >= 0.3 is 0 Å². The zero-order valence-corrected chi connectivity index (χ0v) is 18.3. The monoisotopic (exact) mass is 452 g/mol. The van der Waals surface area contributed by atoms with Crippen molar-refractivity contribution in [2.75, 3.05) is 5.75 Å². The van der Waals surface area contributed by atoms with Gasteiger partial charge in [0, 0.05) is 28.8 Å². The molecule has 0 aliphatic rings. The van der Waals surface area contributed by atoms with Gasteiger partial charge in [-0.1, -0.05) is 41.1 Å². The Balaban J connectivity index is 1.20. The Morgan fingerprint density at radius 2 is 1.90 bits per heavy atom. The van der Waals surface area contributed by atoms with Gasteiger partial charge < -0.3 is 9.15 Å². The Labute approximate surface area is 189 Å². The second-order valence-electron chi connectivity index (χ2n) is 6.71. The van der Waals surface area contributed by atoms with Crippen molar-refractivity contribution in [3.05, 3.63) is 94.9 Å². The van der Waals surface area contributed by atoms with E-state index in [2.05, 4.69) is 27.4 Å². The van der Waals surface area contributed by atoms with Crippen molar-refractivity contribution in [1.29, 1.82) is 0 Å². The molecule has 31 heavy (non-hydrogen) atoms. The molecule has 0 atom stereocenters. The lowest BCUT2D eigenvalue weighted by Gasteiger charge is -2.06. The summed E-state index contributed by atoms with van der Waals surface area (Å²) in [6, 6.07) is 15.7. The maximum Gasteiger partial charge on any atom is 0.218 e. The largest absolute Gasteiger partial charge is 0.487 e. The first kappa shape index (κ1) is 21.2. The molecule has 2 heterocycles. The van der Waals surface area contributed by atoms with Crippen molar-refractivity contribution in [3.8, 4) is 5.75 Å². The van der Waals surface area contributed by atoms with Crippen LogP contribution in [0, 0.1) is 0 Å². The highest BCUT2D eigenvalue weighted by atomic mass is 35.5. The molecule has 4 aromatic rings. The van der Waals surface area contributed by atoms with Crippen LogP contribution in [0.2, 0.25) is 5.02 Å². The zero-order valence-electron chi connectivity index (χ0n) is 16.7. The van der Waals surface area contributed by atoms with Gasteiger partial charge in [0.05, 0.1) is 12.7 Å². The van der Waals surface area contributed by atoms with Gasteiger partial charge in [-0.3, -0.25) is 4.68 Å². The average Bonchev–Trinajstić information content (AvgIpc) is 3.48. The standard InChI is InChI=1S/C23H21ClN4O2S/c24-20-6-1-18(2-7-20)5-10-23-26-21(16-30-23)15-29-22-8-3-19(4-9-22)17-31-14-13-28-12-11-25-27-28/h1-12,16H,13-15,17H2/b10-5+. The second-order valence-corrected chi connectivity index (χ2v) is 8.25. The van der Waals surface area contributed by atoms with Crippen molar-refractivity contribution < 1.29 is 9.15 Å². The molecule has 158 valence electrons. The zero-order chi connectivity index (χ0) is 21.3. The molecule has 0 aliphatic heterocycles. The molecular formula is C23H21ClN4O2S. The molecule has 0 saturated heterocycles. The summed E-state index contributed by atoms with van der Waals surface area (Å²) in [7, 11) is 0. The van der Waals surface area contributed by atoms with Crippen LogP contribution in [-0.2, 0) is 18.9 Å². The Morgan fingerprint density at radius 3 is 2.68 bits per heavy atom. The minimum Gasteiger partial charge on any atom is -0.487 e. The summed E-state index contributed by atoms with van der Waals surface area (Å²) in [6.45, 7) is 1.21. The summed E-state index contributed by atoms with van der Waals surface area (Å²) in [6.07, 6.45) is 8.93. The molecule has 2 aromatic heterocycles. The van der Waals surface area contributed by atoms with Crippen LogP contribution in [-0.4, -0.2) is 25.7 Å². The first-order valence-corrected chi connectivity index (χ1v) is 11.3. The topological polar surface area (TPSA) is 66.0 Å². The molecule has 0 fully saturated rings. The van der Waals surface area contributed by atoms with Crippen molar-refractivity contribution in [1.82, 2.24) is 20.0 Å². The maximum atomic E-state index is 5.90. The fourth-order valence-corrected chi connectivity index (χ4v) is 3.76. The number of thioether (sulfide) groups is 1. The van der Waals surface area contributed by atoms with Crippen molar-refractivity contribution >= 4 is 35.5 Å². The van der Waals surface area contributed by atoms with E-state index in [1.54, 1.807) is 12.5 Å². The molecule has 0 saturated carbocycles. The Bertz CT molecular complexity index is 1090. The van der Waals surface area contributed by atoms with E-state index in [1.807, 2.05) is 71.2 Å². The molecule has 0 N–H and O–H groups in total. The average molecular weight is 453 g/mol. The number of aromatic nitrogens is 4. The quantitative estimate of drug-likeness (QED) is 0.292. The molecular weight excluding hydrogens is 432 g/mol. The minimum atomic E-state index is 0.351. The number of ether oxygens (including phenoxy) is 1. The predicted octanol–water partition coefficient (Wildman–Crippen LogP) is 5.60. The fraction of sp³-hybridized carbons (Fsp3) is 0.174. The molecule has 8 heteroatoms. The molecule has 4 rings (SSSR count). The highest BCUT2D eigenvalue weighted by molar-refractivity contribution is 7.98. The van der Waals surface area contributed by atoms with Gasteiger partial charge in [0.1, 0.15) is 24.3 Å². The van der Waals surface area contributed by atoms with Gasteiger partial charge in [0.15, 0.2) is 0 Å². The van der Waals surface area contributed by atoms with E-state index < -0.39 is 0 Å². The number of hydrogen-bond donors (Lipinski definition) is 0. The summed E-state index contributed by atoms with van der Waals surface area (Å²) < 4.78 is 13.1. The van der Waals surface area contributed by atoms with Crippen LogP contribution in [0.3, 0.4) is 0 Å². The summed E-state index contributed by atoms with van der Waals surface area (Å²) >= 11 is 7.76. The van der Waals surface area contributed by atoms with Gasteiger partial charge in [0.2, 0.25) is 5.89 Å². The van der Waals surface area contributed by atoms with Crippen molar-refractivity contribution in [2.45, 2.75) is 18.9 Å². The smallest absolute Gasteiger partial charge is 0.218 e. The van der Waals surface area contributed by atoms with Gasteiger partial charge in [-0.2, -0.15) is 11.8 Å². The third-order valence-corrected chi connectivity index (χ3v) is 5.63. The number of hydrogen-bond acceptors (Lipinski definition) is 6. The van der Waals surface area contributed by atoms with E-state index in [9.17, 15) is 0 Å². The summed E-state index contributed by atoms with van der Waals surface area (Å²) in [5.41, 5.74) is 3.02. The number of aryl methyl sites for hydroxylation is 1. The fourth-order valence-electron chi connectivity index (χ4n) is 2.75. The summed E-state index contributed by atoms with van der Waals surface area (Å²) in [4.78, 5) is 4.43. The lowest BCUT2D eigenvalue weighted by molar-refractivity contribution is 0.301. The number of rotatable bonds is 10. The molecule has 2 aromatic carbocycles. The second kappa shape index (κ2) is 10.8. The van der Waals surface area contributed by atoms with E-state index in [0.717, 1.165) is 35.1 Å². The number of benzene rings is 2. The van der Waals surface area contributed by atoms with Crippen LogP contribution in [0.15, 0.2) is 71.6 Å².